The minimum atomic E-state index is -0.467. The van der Waals surface area contributed by atoms with Crippen molar-refractivity contribution in [2.75, 3.05) is 5.75 Å². The summed E-state index contributed by atoms with van der Waals surface area (Å²) in [6, 6.07) is 15.6. The van der Waals surface area contributed by atoms with E-state index in [1.165, 1.54) is 6.42 Å². The Labute approximate surface area is 207 Å². The molecule has 1 N–H and O–H groups in total. The number of carbonyl (C=O) groups excluding carboxylic acids is 2. The first-order chi connectivity index (χ1) is 16.0. The fourth-order valence-electron chi connectivity index (χ4n) is 4.40. The van der Waals surface area contributed by atoms with Gasteiger partial charge in [0.15, 0.2) is 0 Å². The summed E-state index contributed by atoms with van der Waals surface area (Å²) >= 11 is 7.65. The molecule has 0 aromatic heterocycles. The van der Waals surface area contributed by atoms with Crippen LogP contribution in [0.15, 0.2) is 48.5 Å². The van der Waals surface area contributed by atoms with Crippen molar-refractivity contribution in [2.45, 2.75) is 76.8 Å². The van der Waals surface area contributed by atoms with E-state index in [9.17, 15) is 9.59 Å². The number of hydrogen-bond acceptors (Lipinski definition) is 3. The number of halogens is 1. The van der Waals surface area contributed by atoms with Gasteiger partial charge in [-0.3, -0.25) is 9.59 Å². The molecule has 1 atom stereocenters. The third-order valence-electron chi connectivity index (χ3n) is 6.32. The number of carbonyl (C=O) groups is 2. The fourth-order valence-corrected chi connectivity index (χ4v) is 5.47. The van der Waals surface area contributed by atoms with Crippen molar-refractivity contribution in [1.82, 2.24) is 10.2 Å². The van der Waals surface area contributed by atoms with E-state index in [4.69, 9.17) is 11.6 Å². The maximum absolute atomic E-state index is 13.4. The first kappa shape index (κ1) is 25.6. The van der Waals surface area contributed by atoms with Gasteiger partial charge in [0.1, 0.15) is 6.04 Å². The van der Waals surface area contributed by atoms with Crippen LogP contribution in [-0.4, -0.2) is 34.6 Å². The van der Waals surface area contributed by atoms with Crippen molar-refractivity contribution in [3.8, 4) is 0 Å². The Hall–Kier alpha value is -1.98. The zero-order valence-corrected chi connectivity index (χ0v) is 21.3. The number of benzene rings is 2. The summed E-state index contributed by atoms with van der Waals surface area (Å²) in [7, 11) is 0. The smallest absolute Gasteiger partial charge is 0.243 e. The summed E-state index contributed by atoms with van der Waals surface area (Å²) in [5.74, 6) is 1.00. The van der Waals surface area contributed by atoms with Crippen molar-refractivity contribution < 1.29 is 9.59 Å². The van der Waals surface area contributed by atoms with Gasteiger partial charge in [0.25, 0.3) is 0 Å². The molecule has 0 heterocycles. The van der Waals surface area contributed by atoms with Gasteiger partial charge in [-0.1, -0.05) is 74.2 Å². The molecule has 1 aliphatic carbocycles. The Kier molecular flexibility index (Phi) is 10.1. The third-order valence-corrected chi connectivity index (χ3v) is 7.55. The average molecular weight is 487 g/mol. The van der Waals surface area contributed by atoms with E-state index in [1.54, 1.807) is 16.7 Å². The number of nitrogens with one attached hydrogen (secondary N) is 1. The molecule has 6 heteroatoms. The summed E-state index contributed by atoms with van der Waals surface area (Å²) in [6.45, 7) is 4.48. The van der Waals surface area contributed by atoms with Gasteiger partial charge in [-0.05, 0) is 55.0 Å². The number of hydrogen-bond donors (Lipinski definition) is 1. The Balaban J connectivity index is 1.71. The van der Waals surface area contributed by atoms with E-state index in [-0.39, 0.29) is 17.9 Å². The second-order valence-electron chi connectivity index (χ2n) is 8.84. The standard InChI is InChI=1S/C27H35ClN2O2S/c1-3-25(27(32)29-24-14-5-4-6-15-24)30(17-22-12-8-7-10-20(22)2)26(31)19-33-18-21-11-9-13-23(28)16-21/h7-13,16,24-25H,3-6,14-15,17-19H2,1-2H3,(H,29,32). The summed E-state index contributed by atoms with van der Waals surface area (Å²) in [6.07, 6.45) is 6.22. The Bertz CT molecular complexity index is 930. The van der Waals surface area contributed by atoms with Gasteiger partial charge in [-0.25, -0.2) is 0 Å². The number of nitrogens with zero attached hydrogens (tertiary/aromatic N) is 1. The molecule has 0 aliphatic heterocycles. The highest BCUT2D eigenvalue weighted by Gasteiger charge is 2.30. The van der Waals surface area contributed by atoms with Crippen LogP contribution in [0.5, 0.6) is 0 Å². The quantitative estimate of drug-likeness (QED) is 0.439. The molecule has 2 aromatic carbocycles. The summed E-state index contributed by atoms with van der Waals surface area (Å²) in [4.78, 5) is 28.5. The molecule has 178 valence electrons. The van der Waals surface area contributed by atoms with Gasteiger partial charge in [0.2, 0.25) is 11.8 Å². The molecule has 3 rings (SSSR count). The molecule has 0 spiro atoms. The van der Waals surface area contributed by atoms with Crippen LogP contribution < -0.4 is 5.32 Å². The topological polar surface area (TPSA) is 49.4 Å². The Morgan fingerprint density at radius 1 is 1.12 bits per heavy atom. The van der Waals surface area contributed by atoms with Crippen LogP contribution in [0.2, 0.25) is 5.02 Å². The predicted octanol–water partition coefficient (Wildman–Crippen LogP) is 6.14. The molecular formula is C27H35ClN2O2S. The fraction of sp³-hybridized carbons (Fsp3) is 0.481. The lowest BCUT2D eigenvalue weighted by Gasteiger charge is -2.33. The molecule has 4 nitrogen and oxygen atoms in total. The molecule has 0 saturated heterocycles. The molecule has 2 aromatic rings. The van der Waals surface area contributed by atoms with Crippen molar-refractivity contribution in [1.29, 1.82) is 0 Å². The van der Waals surface area contributed by atoms with Gasteiger partial charge in [0.05, 0.1) is 5.75 Å². The van der Waals surface area contributed by atoms with Gasteiger partial charge in [-0.15, -0.1) is 11.8 Å². The summed E-state index contributed by atoms with van der Waals surface area (Å²) in [5, 5.41) is 3.94. The van der Waals surface area contributed by atoms with Crippen molar-refractivity contribution in [3.05, 3.63) is 70.2 Å². The molecule has 1 fully saturated rings. The van der Waals surface area contributed by atoms with E-state index in [0.29, 0.717) is 29.5 Å². The van der Waals surface area contributed by atoms with Crippen LogP contribution in [0.3, 0.4) is 0 Å². The van der Waals surface area contributed by atoms with E-state index < -0.39 is 6.04 Å². The van der Waals surface area contributed by atoms with Crippen molar-refractivity contribution in [3.63, 3.8) is 0 Å². The molecule has 1 unspecified atom stereocenters. The van der Waals surface area contributed by atoms with Crippen LogP contribution >= 0.6 is 23.4 Å². The van der Waals surface area contributed by atoms with E-state index >= 15 is 0 Å². The highest BCUT2D eigenvalue weighted by Crippen LogP contribution is 2.22. The highest BCUT2D eigenvalue weighted by molar-refractivity contribution is 7.99. The second-order valence-corrected chi connectivity index (χ2v) is 10.3. The summed E-state index contributed by atoms with van der Waals surface area (Å²) < 4.78 is 0. The van der Waals surface area contributed by atoms with Crippen LogP contribution in [0, 0.1) is 6.92 Å². The molecular weight excluding hydrogens is 452 g/mol. The van der Waals surface area contributed by atoms with E-state index in [0.717, 1.165) is 42.4 Å². The molecule has 2 amide bonds. The molecule has 0 bridgehead atoms. The van der Waals surface area contributed by atoms with Gasteiger partial charge in [0, 0.05) is 23.4 Å². The largest absolute Gasteiger partial charge is 0.352 e. The molecule has 1 aliphatic rings. The van der Waals surface area contributed by atoms with Crippen LogP contribution in [0.4, 0.5) is 0 Å². The third kappa shape index (κ3) is 7.79. The van der Waals surface area contributed by atoms with Gasteiger partial charge < -0.3 is 10.2 Å². The maximum atomic E-state index is 13.4. The minimum Gasteiger partial charge on any atom is -0.352 e. The molecule has 0 radical (unpaired) electrons. The number of amides is 2. The zero-order valence-electron chi connectivity index (χ0n) is 19.7. The molecule has 33 heavy (non-hydrogen) atoms. The first-order valence-electron chi connectivity index (χ1n) is 11.9. The maximum Gasteiger partial charge on any atom is 0.243 e. The predicted molar refractivity (Wildman–Crippen MR) is 138 cm³/mol. The highest BCUT2D eigenvalue weighted by atomic mass is 35.5. The van der Waals surface area contributed by atoms with Gasteiger partial charge in [-0.2, -0.15) is 0 Å². The van der Waals surface area contributed by atoms with Crippen molar-refractivity contribution in [2.24, 2.45) is 0 Å². The lowest BCUT2D eigenvalue weighted by atomic mass is 9.95. The number of thioether (sulfide) groups is 1. The first-order valence-corrected chi connectivity index (χ1v) is 13.5. The Morgan fingerprint density at radius 3 is 2.58 bits per heavy atom. The lowest BCUT2D eigenvalue weighted by molar-refractivity contribution is -0.139. The van der Waals surface area contributed by atoms with Crippen molar-refractivity contribution >= 4 is 35.2 Å². The number of aryl methyl sites for hydroxylation is 1. The minimum absolute atomic E-state index is 0.00377. The normalized spacial score (nSPS) is 15.1. The van der Waals surface area contributed by atoms with E-state index in [2.05, 4.69) is 18.3 Å². The van der Waals surface area contributed by atoms with Crippen LogP contribution in [0.1, 0.15) is 62.1 Å². The molecule has 1 saturated carbocycles. The monoisotopic (exact) mass is 486 g/mol. The zero-order chi connectivity index (χ0) is 23.6. The summed E-state index contributed by atoms with van der Waals surface area (Å²) in [5.41, 5.74) is 3.30. The van der Waals surface area contributed by atoms with E-state index in [1.807, 2.05) is 49.4 Å². The SMILES string of the molecule is CCC(C(=O)NC1CCCCC1)N(Cc1ccccc1C)C(=O)CSCc1cccc(Cl)c1. The van der Waals surface area contributed by atoms with Gasteiger partial charge >= 0.3 is 0 Å². The Morgan fingerprint density at radius 2 is 1.88 bits per heavy atom. The lowest BCUT2D eigenvalue weighted by Crippen LogP contribution is -2.52. The van der Waals surface area contributed by atoms with Crippen LogP contribution in [0.25, 0.3) is 0 Å². The second kappa shape index (κ2) is 13.0. The number of rotatable bonds is 10. The average Bonchev–Trinajstić information content (AvgIpc) is 2.81. The van der Waals surface area contributed by atoms with Crippen LogP contribution in [-0.2, 0) is 21.9 Å².